The second-order valence-electron chi connectivity index (χ2n) is 8.21. The first kappa shape index (κ1) is 22.5. The number of nitro benzene ring substituents is 1. The maximum absolute atomic E-state index is 11.3. The summed E-state index contributed by atoms with van der Waals surface area (Å²) in [6, 6.07) is 10.7. The van der Waals surface area contributed by atoms with Crippen LogP contribution in [-0.4, -0.2) is 67.8 Å². The third-order valence-electron chi connectivity index (χ3n) is 5.83. The summed E-state index contributed by atoms with van der Waals surface area (Å²) >= 11 is 0. The summed E-state index contributed by atoms with van der Waals surface area (Å²) in [6.45, 7) is 5.17. The van der Waals surface area contributed by atoms with Crippen LogP contribution in [-0.2, 0) is 6.54 Å². The van der Waals surface area contributed by atoms with Crippen molar-refractivity contribution < 1.29 is 14.8 Å². The molecule has 1 aliphatic heterocycles. The van der Waals surface area contributed by atoms with Gasteiger partial charge < -0.3 is 25.2 Å². The lowest BCUT2D eigenvalue weighted by molar-refractivity contribution is -0.384. The SMILES string of the molecule is Cc1cccc(Cn2c(NC3CCN(CCNC(=O)O)CC3)nc3ccc([N+](=O)[O-])cc32)n1. The number of nitrogens with zero attached hydrogens (tertiary/aromatic N) is 5. The van der Waals surface area contributed by atoms with E-state index in [0.29, 0.717) is 36.6 Å². The minimum Gasteiger partial charge on any atom is -0.465 e. The highest BCUT2D eigenvalue weighted by atomic mass is 16.6. The molecule has 0 saturated carbocycles. The Bertz CT molecular complexity index is 1150. The van der Waals surface area contributed by atoms with Gasteiger partial charge in [-0.2, -0.15) is 0 Å². The number of pyridine rings is 1. The zero-order valence-electron chi connectivity index (χ0n) is 18.4. The van der Waals surface area contributed by atoms with Gasteiger partial charge in [0.1, 0.15) is 0 Å². The molecule has 174 valence electrons. The van der Waals surface area contributed by atoms with Crippen LogP contribution in [0.25, 0.3) is 11.0 Å². The van der Waals surface area contributed by atoms with E-state index in [-0.39, 0.29) is 11.7 Å². The van der Waals surface area contributed by atoms with Gasteiger partial charge in [0.2, 0.25) is 5.95 Å². The summed E-state index contributed by atoms with van der Waals surface area (Å²) in [6.07, 6.45) is 0.770. The van der Waals surface area contributed by atoms with Crippen LogP contribution in [0.1, 0.15) is 24.2 Å². The average Bonchev–Trinajstić information content (AvgIpc) is 3.11. The van der Waals surface area contributed by atoms with E-state index in [1.54, 1.807) is 12.1 Å². The Morgan fingerprint density at radius 1 is 1.24 bits per heavy atom. The van der Waals surface area contributed by atoms with Crippen LogP contribution in [0.3, 0.4) is 0 Å². The highest BCUT2D eigenvalue weighted by Gasteiger charge is 2.22. The molecule has 0 spiro atoms. The summed E-state index contributed by atoms with van der Waals surface area (Å²) in [4.78, 5) is 33.1. The van der Waals surface area contributed by atoms with E-state index < -0.39 is 11.0 Å². The summed E-state index contributed by atoms with van der Waals surface area (Å²) in [5, 5.41) is 26.0. The molecule has 0 bridgehead atoms. The fourth-order valence-electron chi connectivity index (χ4n) is 4.15. The van der Waals surface area contributed by atoms with Gasteiger partial charge in [0.25, 0.3) is 5.69 Å². The van der Waals surface area contributed by atoms with Gasteiger partial charge in [-0.1, -0.05) is 6.07 Å². The zero-order valence-corrected chi connectivity index (χ0v) is 18.4. The molecule has 0 aliphatic carbocycles. The minimum atomic E-state index is -1.01. The lowest BCUT2D eigenvalue weighted by atomic mass is 10.1. The fraction of sp³-hybridized carbons (Fsp3) is 0.409. The van der Waals surface area contributed by atoms with E-state index in [4.69, 9.17) is 10.1 Å². The molecule has 0 atom stereocenters. The van der Waals surface area contributed by atoms with Crippen molar-refractivity contribution in [2.75, 3.05) is 31.5 Å². The van der Waals surface area contributed by atoms with Gasteiger partial charge in [-0.3, -0.25) is 15.1 Å². The number of carbonyl (C=O) groups is 1. The number of fused-ring (bicyclic) bond motifs is 1. The molecule has 4 rings (SSSR count). The molecular weight excluding hydrogens is 426 g/mol. The quantitative estimate of drug-likeness (QED) is 0.350. The first-order chi connectivity index (χ1) is 15.9. The predicted molar refractivity (Wildman–Crippen MR) is 124 cm³/mol. The average molecular weight is 454 g/mol. The van der Waals surface area contributed by atoms with E-state index in [9.17, 15) is 14.9 Å². The van der Waals surface area contributed by atoms with Crippen LogP contribution >= 0.6 is 0 Å². The van der Waals surface area contributed by atoms with E-state index in [0.717, 1.165) is 37.3 Å². The number of rotatable bonds is 8. The normalized spacial score (nSPS) is 14.9. The molecule has 1 saturated heterocycles. The maximum atomic E-state index is 11.3. The Balaban J connectivity index is 1.53. The summed E-state index contributed by atoms with van der Waals surface area (Å²) in [7, 11) is 0. The standard InChI is InChI=1S/C22H27N7O4/c1-15-3-2-4-17(24-15)14-28-20-13-18(29(32)33)5-6-19(20)26-21(28)25-16-7-10-27(11-8-16)12-9-23-22(30)31/h2-6,13,16,23H,7-12,14H2,1H3,(H,25,26)(H,30,31). The number of imidazole rings is 1. The summed E-state index contributed by atoms with van der Waals surface area (Å²) in [5.74, 6) is 0.666. The predicted octanol–water partition coefficient (Wildman–Crippen LogP) is 2.84. The molecular formula is C22H27N7O4. The lowest BCUT2D eigenvalue weighted by Gasteiger charge is -2.32. The number of likely N-dealkylation sites (tertiary alicyclic amines) is 1. The molecule has 2 aromatic heterocycles. The number of hydrogen-bond donors (Lipinski definition) is 3. The minimum absolute atomic E-state index is 0.0238. The van der Waals surface area contributed by atoms with Crippen LogP contribution in [0.4, 0.5) is 16.4 Å². The van der Waals surface area contributed by atoms with E-state index >= 15 is 0 Å². The summed E-state index contributed by atoms with van der Waals surface area (Å²) < 4.78 is 1.95. The highest BCUT2D eigenvalue weighted by Crippen LogP contribution is 2.27. The van der Waals surface area contributed by atoms with Gasteiger partial charge in [0.05, 0.1) is 28.2 Å². The monoisotopic (exact) mass is 453 g/mol. The van der Waals surface area contributed by atoms with Crippen LogP contribution in [0.15, 0.2) is 36.4 Å². The van der Waals surface area contributed by atoms with E-state index in [1.165, 1.54) is 6.07 Å². The molecule has 0 radical (unpaired) electrons. The Morgan fingerprint density at radius 3 is 2.73 bits per heavy atom. The number of carboxylic acid groups (broad SMARTS) is 1. The first-order valence-electron chi connectivity index (χ1n) is 10.9. The van der Waals surface area contributed by atoms with Crippen molar-refractivity contribution in [1.82, 2.24) is 24.8 Å². The van der Waals surface area contributed by atoms with Crippen LogP contribution in [0.2, 0.25) is 0 Å². The molecule has 3 N–H and O–H groups in total. The number of aryl methyl sites for hydroxylation is 1. The third kappa shape index (κ3) is 5.55. The number of piperidine rings is 1. The number of nitrogens with one attached hydrogen (secondary N) is 2. The van der Waals surface area contributed by atoms with Crippen molar-refractivity contribution in [3.63, 3.8) is 0 Å². The van der Waals surface area contributed by atoms with Gasteiger partial charge in [0, 0.05) is 50.0 Å². The molecule has 0 unspecified atom stereocenters. The zero-order chi connectivity index (χ0) is 23.4. The lowest BCUT2D eigenvalue weighted by Crippen LogP contribution is -2.42. The molecule has 1 amide bonds. The van der Waals surface area contributed by atoms with Crippen LogP contribution < -0.4 is 10.6 Å². The molecule has 1 aliphatic rings. The van der Waals surface area contributed by atoms with Gasteiger partial charge in [-0.25, -0.2) is 9.78 Å². The van der Waals surface area contributed by atoms with Gasteiger partial charge in [-0.05, 0) is 38.0 Å². The van der Waals surface area contributed by atoms with Crippen molar-refractivity contribution >= 4 is 28.8 Å². The first-order valence-corrected chi connectivity index (χ1v) is 10.9. The van der Waals surface area contributed by atoms with E-state index in [2.05, 4.69) is 20.5 Å². The van der Waals surface area contributed by atoms with E-state index in [1.807, 2.05) is 29.7 Å². The fourth-order valence-corrected chi connectivity index (χ4v) is 4.15. The molecule has 11 heteroatoms. The Hall–Kier alpha value is -3.73. The largest absolute Gasteiger partial charge is 0.465 e. The van der Waals surface area contributed by atoms with Crippen molar-refractivity contribution in [1.29, 1.82) is 0 Å². The van der Waals surface area contributed by atoms with Crippen molar-refractivity contribution in [2.45, 2.75) is 32.4 Å². The number of benzene rings is 1. The Kier molecular flexibility index (Phi) is 6.68. The van der Waals surface area contributed by atoms with Crippen molar-refractivity contribution in [3.8, 4) is 0 Å². The van der Waals surface area contributed by atoms with Gasteiger partial charge in [-0.15, -0.1) is 0 Å². The summed E-state index contributed by atoms with van der Waals surface area (Å²) in [5.41, 5.74) is 3.16. The molecule has 3 heterocycles. The topological polar surface area (TPSA) is 138 Å². The molecule has 1 fully saturated rings. The smallest absolute Gasteiger partial charge is 0.404 e. The van der Waals surface area contributed by atoms with Gasteiger partial charge in [0.15, 0.2) is 0 Å². The highest BCUT2D eigenvalue weighted by molar-refractivity contribution is 5.81. The number of non-ortho nitro benzene ring substituents is 1. The second kappa shape index (κ2) is 9.82. The Morgan fingerprint density at radius 2 is 2.03 bits per heavy atom. The molecule has 1 aromatic carbocycles. The Labute approximate surface area is 190 Å². The third-order valence-corrected chi connectivity index (χ3v) is 5.83. The van der Waals surface area contributed by atoms with Gasteiger partial charge >= 0.3 is 6.09 Å². The van der Waals surface area contributed by atoms with Crippen LogP contribution in [0.5, 0.6) is 0 Å². The molecule has 3 aromatic rings. The number of hydrogen-bond acceptors (Lipinski definition) is 7. The number of amides is 1. The number of aromatic nitrogens is 3. The second-order valence-corrected chi connectivity index (χ2v) is 8.21. The van der Waals surface area contributed by atoms with Crippen molar-refractivity contribution in [2.24, 2.45) is 0 Å². The number of anilines is 1. The number of nitro groups is 1. The molecule has 11 nitrogen and oxygen atoms in total. The van der Waals surface area contributed by atoms with Crippen LogP contribution in [0, 0.1) is 17.0 Å². The van der Waals surface area contributed by atoms with Crippen molar-refractivity contribution in [3.05, 3.63) is 57.9 Å². The maximum Gasteiger partial charge on any atom is 0.404 e. The molecule has 33 heavy (non-hydrogen) atoms.